The van der Waals surface area contributed by atoms with Gasteiger partial charge in [0.25, 0.3) is 13.4 Å². The van der Waals surface area contributed by atoms with Crippen molar-refractivity contribution in [3.05, 3.63) is 212 Å². The number of rotatable bonds is 5. The lowest BCUT2D eigenvalue weighted by molar-refractivity contribution is 0.466. The predicted octanol–water partition coefficient (Wildman–Crippen LogP) is 9.97. The van der Waals surface area contributed by atoms with E-state index in [1.165, 1.54) is 22.1 Å². The van der Waals surface area contributed by atoms with E-state index in [1.807, 2.05) is 0 Å². The summed E-state index contributed by atoms with van der Waals surface area (Å²) in [6.45, 7) is -0.132. The highest BCUT2D eigenvalue weighted by molar-refractivity contribution is 7.02. The molecule has 0 saturated carbocycles. The summed E-state index contributed by atoms with van der Waals surface area (Å²) in [6, 6.07) is 75.8. The molecule has 284 valence electrons. The van der Waals surface area contributed by atoms with Crippen LogP contribution in [0.1, 0.15) is 0 Å². The van der Waals surface area contributed by atoms with Crippen LogP contribution in [-0.2, 0) is 0 Å². The number of hydrogen-bond donors (Lipinski definition) is 0. The number of fused-ring (bicyclic) bond motifs is 8. The average molecular weight is 780 g/mol. The van der Waals surface area contributed by atoms with E-state index >= 15 is 0 Å². The molecular weight excluding hydrogens is 744 g/mol. The van der Waals surface area contributed by atoms with Gasteiger partial charge in [-0.05, 0) is 112 Å². The van der Waals surface area contributed by atoms with Gasteiger partial charge >= 0.3 is 0 Å². The van der Waals surface area contributed by atoms with Gasteiger partial charge in [0.2, 0.25) is 0 Å². The quantitative estimate of drug-likeness (QED) is 0.162. The molecule has 4 aliphatic heterocycles. The molecule has 0 aliphatic carbocycles. The third-order valence-corrected chi connectivity index (χ3v) is 12.7. The molecule has 0 N–H and O–H groups in total. The van der Waals surface area contributed by atoms with Crippen molar-refractivity contribution in [2.45, 2.75) is 0 Å². The van der Waals surface area contributed by atoms with Gasteiger partial charge in [-0.25, -0.2) is 0 Å². The van der Waals surface area contributed by atoms with Gasteiger partial charge in [-0.15, -0.1) is 0 Å². The van der Waals surface area contributed by atoms with E-state index in [9.17, 15) is 0 Å². The molecule has 0 spiro atoms. The zero-order chi connectivity index (χ0) is 40.0. The first-order valence-corrected chi connectivity index (χ1v) is 20.9. The van der Waals surface area contributed by atoms with Crippen molar-refractivity contribution in [1.82, 2.24) is 0 Å². The smallest absolute Gasteiger partial charge is 0.256 e. The summed E-state index contributed by atoms with van der Waals surface area (Å²) >= 11 is 0. The van der Waals surface area contributed by atoms with Crippen molar-refractivity contribution in [2.75, 3.05) is 14.7 Å². The average Bonchev–Trinajstić information content (AvgIpc) is 3.32. The van der Waals surface area contributed by atoms with Crippen molar-refractivity contribution >= 4 is 97.4 Å². The van der Waals surface area contributed by atoms with E-state index in [-0.39, 0.29) is 13.4 Å². The monoisotopic (exact) mass is 779 g/mol. The van der Waals surface area contributed by atoms with Crippen molar-refractivity contribution < 1.29 is 9.47 Å². The number of para-hydroxylation sites is 6. The highest BCUT2D eigenvalue weighted by Crippen LogP contribution is 2.47. The van der Waals surface area contributed by atoms with Gasteiger partial charge in [-0.3, -0.25) is 0 Å². The van der Waals surface area contributed by atoms with E-state index in [0.29, 0.717) is 0 Å². The minimum atomic E-state index is -0.0949. The van der Waals surface area contributed by atoms with Gasteiger partial charge in [0.05, 0.1) is 5.69 Å². The molecule has 4 heterocycles. The van der Waals surface area contributed by atoms with Gasteiger partial charge < -0.3 is 24.2 Å². The summed E-state index contributed by atoms with van der Waals surface area (Å²) in [5.41, 5.74) is 17.0. The molecule has 13 rings (SSSR count). The second kappa shape index (κ2) is 13.3. The Balaban J connectivity index is 1.05. The Morgan fingerprint density at radius 2 is 0.770 bits per heavy atom. The highest BCUT2D eigenvalue weighted by atomic mass is 16.5. The van der Waals surface area contributed by atoms with Crippen LogP contribution >= 0.6 is 0 Å². The molecule has 0 fully saturated rings. The minimum absolute atomic E-state index is 0.0374. The molecule has 61 heavy (non-hydrogen) atoms. The third-order valence-electron chi connectivity index (χ3n) is 12.7. The van der Waals surface area contributed by atoms with Gasteiger partial charge in [0.1, 0.15) is 23.0 Å². The maximum Gasteiger partial charge on any atom is 0.256 e. The van der Waals surface area contributed by atoms with Crippen molar-refractivity contribution in [3.63, 3.8) is 0 Å². The van der Waals surface area contributed by atoms with Gasteiger partial charge in [0, 0.05) is 57.6 Å². The fraction of sp³-hybridized carbons (Fsp3) is 0. The summed E-state index contributed by atoms with van der Waals surface area (Å²) in [5, 5.41) is 0. The number of hydrogen-bond acceptors (Lipinski definition) is 5. The van der Waals surface area contributed by atoms with Crippen LogP contribution in [0.4, 0.5) is 51.2 Å². The molecule has 9 aromatic rings. The Morgan fingerprint density at radius 1 is 0.311 bits per heavy atom. The van der Waals surface area contributed by atoms with E-state index in [2.05, 4.69) is 227 Å². The van der Waals surface area contributed by atoms with E-state index in [4.69, 9.17) is 9.47 Å². The van der Waals surface area contributed by atoms with Crippen LogP contribution in [0.25, 0.3) is 0 Å². The van der Waals surface area contributed by atoms with Crippen molar-refractivity contribution in [2.24, 2.45) is 0 Å². The van der Waals surface area contributed by atoms with Crippen LogP contribution in [0.15, 0.2) is 212 Å². The molecule has 7 heteroatoms. The molecule has 0 radical (unpaired) electrons. The molecule has 0 unspecified atom stereocenters. The fourth-order valence-electron chi connectivity index (χ4n) is 10.3. The second-order valence-electron chi connectivity index (χ2n) is 16.0. The van der Waals surface area contributed by atoms with Crippen LogP contribution in [0.2, 0.25) is 0 Å². The SMILES string of the molecule is c1ccc(N(c2ccccc2)c2cc3c4c(c2)N(c2ccccc2)c2ccccc2B4c2cc4c(cc2O3)Oc2cccc3c2B4c2ccccc2N3c2ccccc2)cc1. The first kappa shape index (κ1) is 34.0. The van der Waals surface area contributed by atoms with E-state index < -0.39 is 0 Å². The lowest BCUT2D eigenvalue weighted by atomic mass is 9.31. The molecule has 5 nitrogen and oxygen atoms in total. The molecule has 0 amide bonds. The minimum Gasteiger partial charge on any atom is -0.458 e. The lowest BCUT2D eigenvalue weighted by Gasteiger charge is -2.42. The van der Waals surface area contributed by atoms with Gasteiger partial charge in [-0.1, -0.05) is 121 Å². The number of benzene rings is 9. The van der Waals surface area contributed by atoms with Crippen LogP contribution < -0.4 is 57.0 Å². The number of ether oxygens (including phenoxy) is 2. The Hall–Kier alpha value is -7.89. The summed E-state index contributed by atoms with van der Waals surface area (Å²) in [7, 11) is 0. The van der Waals surface area contributed by atoms with Crippen LogP contribution in [-0.4, -0.2) is 13.4 Å². The second-order valence-corrected chi connectivity index (χ2v) is 16.0. The first-order valence-electron chi connectivity index (χ1n) is 20.9. The Kier molecular flexibility index (Phi) is 7.43. The van der Waals surface area contributed by atoms with Crippen molar-refractivity contribution in [3.8, 4) is 23.0 Å². The highest BCUT2D eigenvalue weighted by Gasteiger charge is 2.46. The van der Waals surface area contributed by atoms with E-state index in [1.54, 1.807) is 0 Å². The number of nitrogens with zero attached hydrogens (tertiary/aromatic N) is 3. The van der Waals surface area contributed by atoms with Crippen molar-refractivity contribution in [1.29, 1.82) is 0 Å². The topological polar surface area (TPSA) is 28.2 Å². The Labute approximate surface area is 355 Å². The first-order chi connectivity index (χ1) is 30.3. The zero-order valence-corrected chi connectivity index (χ0v) is 33.0. The van der Waals surface area contributed by atoms with E-state index in [0.717, 1.165) is 84.9 Å². The Bertz CT molecular complexity index is 3140. The largest absolute Gasteiger partial charge is 0.458 e. The normalized spacial score (nSPS) is 13.4. The molecule has 4 aliphatic rings. The van der Waals surface area contributed by atoms with Crippen LogP contribution in [0.5, 0.6) is 23.0 Å². The predicted molar refractivity (Wildman–Crippen MR) is 253 cm³/mol. The van der Waals surface area contributed by atoms with Gasteiger partial charge in [-0.2, -0.15) is 0 Å². The summed E-state index contributed by atoms with van der Waals surface area (Å²) in [4.78, 5) is 7.11. The van der Waals surface area contributed by atoms with Crippen LogP contribution in [0, 0.1) is 0 Å². The number of anilines is 9. The zero-order valence-electron chi connectivity index (χ0n) is 33.0. The molecule has 0 saturated heterocycles. The Morgan fingerprint density at radius 3 is 1.34 bits per heavy atom. The molecule has 9 aromatic carbocycles. The maximum absolute atomic E-state index is 7.25. The van der Waals surface area contributed by atoms with Gasteiger partial charge in [0.15, 0.2) is 0 Å². The summed E-state index contributed by atoms with van der Waals surface area (Å²) in [6.07, 6.45) is 0. The third kappa shape index (κ3) is 5.10. The van der Waals surface area contributed by atoms with Crippen LogP contribution in [0.3, 0.4) is 0 Å². The standard InChI is InChI=1S/C54H35B2N3O2/c1-5-18-36(19-6-1)57(37-20-7-2-8-21-37)40-32-48-54-52(33-40)61-51-35-50-43(34-44(51)56(54)42-27-14-16-29-46(42)59(48)39-24-11-4-12-25-39)55-41-26-13-15-28-45(41)58(38-22-9-3-10-23-38)47-30-17-31-49(60-50)53(47)55/h1-35H. The lowest BCUT2D eigenvalue weighted by Crippen LogP contribution is -2.63. The maximum atomic E-state index is 7.25. The fourth-order valence-corrected chi connectivity index (χ4v) is 10.3. The molecular formula is C54H35B2N3O2. The molecule has 0 atom stereocenters. The molecule has 0 aromatic heterocycles. The summed E-state index contributed by atoms with van der Waals surface area (Å²) < 4.78 is 14.2. The summed E-state index contributed by atoms with van der Waals surface area (Å²) in [5.74, 6) is 3.33. The molecule has 0 bridgehead atoms.